The third-order valence-electron chi connectivity index (χ3n) is 2.88. The molecule has 0 radical (unpaired) electrons. The van der Waals surface area contributed by atoms with Gasteiger partial charge in [-0.15, -0.1) is 0 Å². The van der Waals surface area contributed by atoms with Crippen LogP contribution >= 0.6 is 0 Å². The van der Waals surface area contributed by atoms with Crippen LogP contribution in [0.25, 0.3) is 0 Å². The van der Waals surface area contributed by atoms with E-state index in [-0.39, 0.29) is 0 Å². The molecule has 2 aliphatic rings. The van der Waals surface area contributed by atoms with Crippen LogP contribution in [0.2, 0.25) is 0 Å². The van der Waals surface area contributed by atoms with E-state index in [2.05, 4.69) is 36.4 Å². The first-order valence-electron chi connectivity index (χ1n) is 4.22. The Morgan fingerprint density at radius 1 is 0.909 bits per heavy atom. The van der Waals surface area contributed by atoms with E-state index < -0.39 is 0 Å². The van der Waals surface area contributed by atoms with Crippen LogP contribution in [0.15, 0.2) is 36.4 Å². The highest BCUT2D eigenvalue weighted by Crippen LogP contribution is 2.47. The van der Waals surface area contributed by atoms with Crippen molar-refractivity contribution in [2.24, 2.45) is 0 Å². The molecule has 0 saturated heterocycles. The van der Waals surface area contributed by atoms with Crippen LogP contribution in [0.4, 0.5) is 0 Å². The molecule has 2 bridgehead atoms. The van der Waals surface area contributed by atoms with Gasteiger partial charge in [-0.3, -0.25) is 0 Å². The molecule has 1 aromatic carbocycles. The second kappa shape index (κ2) is 1.76. The van der Waals surface area contributed by atoms with Gasteiger partial charge in [-0.25, -0.2) is 0 Å². The third kappa shape index (κ3) is 0.597. The molecular weight excluding hydrogens is 132 g/mol. The second-order valence-corrected chi connectivity index (χ2v) is 3.46. The molecule has 11 heavy (non-hydrogen) atoms. The summed E-state index contributed by atoms with van der Waals surface area (Å²) in [4.78, 5) is 0. The smallest absolute Gasteiger partial charge is 0.00299 e. The fourth-order valence-corrected chi connectivity index (χ4v) is 2.35. The molecule has 54 valence electrons. The molecule has 0 unspecified atom stereocenters. The summed E-state index contributed by atoms with van der Waals surface area (Å²) in [5, 5.41) is 0. The highest BCUT2D eigenvalue weighted by molar-refractivity contribution is 5.47. The quantitative estimate of drug-likeness (QED) is 0.488. The topological polar surface area (TPSA) is 0 Å². The lowest BCUT2D eigenvalue weighted by molar-refractivity contribution is 0.804. The van der Waals surface area contributed by atoms with E-state index in [0.29, 0.717) is 0 Å². The summed E-state index contributed by atoms with van der Waals surface area (Å²) in [6.07, 6.45) is 6.04. The Kier molecular flexibility index (Phi) is 0.894. The minimum absolute atomic E-state index is 0.746. The van der Waals surface area contributed by atoms with Gasteiger partial charge in [0.2, 0.25) is 0 Å². The van der Waals surface area contributed by atoms with E-state index in [4.69, 9.17) is 0 Å². The van der Waals surface area contributed by atoms with E-state index in [0.717, 1.165) is 11.8 Å². The lowest BCUT2D eigenvalue weighted by atomic mass is 9.97. The van der Waals surface area contributed by atoms with Gasteiger partial charge in [-0.05, 0) is 17.5 Å². The lowest BCUT2D eigenvalue weighted by Gasteiger charge is -2.08. The average Bonchev–Trinajstić information content (AvgIpc) is 2.64. The standard InChI is InChI=1S/C11H10/c1-2-4-11-9-6-5-8(7-9)10(11)3-1/h1-6,8-9H,7H2/t8-,9-/m1/s1. The molecule has 0 spiro atoms. The van der Waals surface area contributed by atoms with Gasteiger partial charge in [0.05, 0.1) is 0 Å². The van der Waals surface area contributed by atoms with Gasteiger partial charge < -0.3 is 0 Å². The maximum atomic E-state index is 2.35. The van der Waals surface area contributed by atoms with E-state index in [1.807, 2.05) is 0 Å². The number of allylic oxidation sites excluding steroid dienone is 2. The van der Waals surface area contributed by atoms with Crippen LogP contribution in [-0.4, -0.2) is 0 Å². The Hall–Kier alpha value is -1.04. The van der Waals surface area contributed by atoms with Gasteiger partial charge in [0, 0.05) is 11.8 Å². The summed E-state index contributed by atoms with van der Waals surface area (Å²) in [5.74, 6) is 1.49. The van der Waals surface area contributed by atoms with Crippen molar-refractivity contribution in [2.45, 2.75) is 18.3 Å². The van der Waals surface area contributed by atoms with Crippen molar-refractivity contribution in [3.05, 3.63) is 47.5 Å². The minimum Gasteiger partial charge on any atom is -0.0804 e. The molecule has 0 aliphatic heterocycles. The lowest BCUT2D eigenvalue weighted by Crippen LogP contribution is -1.90. The molecular formula is C11H10. The minimum atomic E-state index is 0.746. The molecule has 2 atom stereocenters. The van der Waals surface area contributed by atoms with Gasteiger partial charge in [0.15, 0.2) is 0 Å². The monoisotopic (exact) mass is 142 g/mol. The number of hydrogen-bond acceptors (Lipinski definition) is 0. The van der Waals surface area contributed by atoms with Gasteiger partial charge in [-0.1, -0.05) is 36.4 Å². The Morgan fingerprint density at radius 3 is 2.00 bits per heavy atom. The summed E-state index contributed by atoms with van der Waals surface area (Å²) in [6.45, 7) is 0. The van der Waals surface area contributed by atoms with Crippen molar-refractivity contribution in [1.29, 1.82) is 0 Å². The number of hydrogen-bond donors (Lipinski definition) is 0. The molecule has 0 N–H and O–H groups in total. The fourth-order valence-electron chi connectivity index (χ4n) is 2.35. The van der Waals surface area contributed by atoms with Crippen LogP contribution in [-0.2, 0) is 0 Å². The van der Waals surface area contributed by atoms with Crippen molar-refractivity contribution >= 4 is 0 Å². The van der Waals surface area contributed by atoms with Gasteiger partial charge in [-0.2, -0.15) is 0 Å². The molecule has 0 heteroatoms. The average molecular weight is 142 g/mol. The van der Waals surface area contributed by atoms with E-state index >= 15 is 0 Å². The molecule has 0 amide bonds. The highest BCUT2D eigenvalue weighted by Gasteiger charge is 2.31. The summed E-state index contributed by atoms with van der Waals surface area (Å²) < 4.78 is 0. The van der Waals surface area contributed by atoms with Gasteiger partial charge in [0.1, 0.15) is 0 Å². The number of benzene rings is 1. The van der Waals surface area contributed by atoms with Crippen molar-refractivity contribution in [2.75, 3.05) is 0 Å². The van der Waals surface area contributed by atoms with Crippen LogP contribution in [0, 0.1) is 0 Å². The molecule has 3 rings (SSSR count). The van der Waals surface area contributed by atoms with Crippen molar-refractivity contribution in [3.8, 4) is 0 Å². The Morgan fingerprint density at radius 2 is 1.45 bits per heavy atom. The Labute approximate surface area is 66.6 Å². The molecule has 1 aromatic rings. The van der Waals surface area contributed by atoms with E-state index in [1.54, 1.807) is 11.1 Å². The third-order valence-corrected chi connectivity index (χ3v) is 2.88. The summed E-state index contributed by atoms with van der Waals surface area (Å²) in [5.41, 5.74) is 3.14. The van der Waals surface area contributed by atoms with Crippen LogP contribution < -0.4 is 0 Å². The second-order valence-electron chi connectivity index (χ2n) is 3.46. The predicted molar refractivity (Wildman–Crippen MR) is 45.7 cm³/mol. The first-order chi connectivity index (χ1) is 5.45. The Bertz CT molecular complexity index is 292. The summed E-state index contributed by atoms with van der Waals surface area (Å²) in [7, 11) is 0. The van der Waals surface area contributed by atoms with Crippen LogP contribution in [0.3, 0.4) is 0 Å². The molecule has 0 heterocycles. The summed E-state index contributed by atoms with van der Waals surface area (Å²) >= 11 is 0. The molecule has 0 nitrogen and oxygen atoms in total. The van der Waals surface area contributed by atoms with Crippen molar-refractivity contribution in [3.63, 3.8) is 0 Å². The molecule has 2 aliphatic carbocycles. The van der Waals surface area contributed by atoms with E-state index in [9.17, 15) is 0 Å². The maximum absolute atomic E-state index is 2.35. The fraction of sp³-hybridized carbons (Fsp3) is 0.273. The van der Waals surface area contributed by atoms with Gasteiger partial charge in [0.25, 0.3) is 0 Å². The number of fused-ring (bicyclic) bond motifs is 5. The highest BCUT2D eigenvalue weighted by atomic mass is 14.3. The summed E-state index contributed by atoms with van der Waals surface area (Å²) in [6, 6.07) is 8.83. The normalized spacial score (nSPS) is 30.9. The zero-order valence-electron chi connectivity index (χ0n) is 6.33. The largest absolute Gasteiger partial charge is 0.0804 e. The first kappa shape index (κ1) is 5.59. The van der Waals surface area contributed by atoms with Crippen LogP contribution in [0.1, 0.15) is 29.4 Å². The number of rotatable bonds is 0. The van der Waals surface area contributed by atoms with E-state index in [1.165, 1.54) is 6.42 Å². The Balaban J connectivity index is 2.28. The molecule has 0 fully saturated rings. The van der Waals surface area contributed by atoms with Crippen molar-refractivity contribution < 1.29 is 0 Å². The first-order valence-corrected chi connectivity index (χ1v) is 4.22. The predicted octanol–water partition coefficient (Wildman–Crippen LogP) is 2.83. The molecule has 0 saturated carbocycles. The molecule has 0 aromatic heterocycles. The van der Waals surface area contributed by atoms with Gasteiger partial charge >= 0.3 is 0 Å². The van der Waals surface area contributed by atoms with Crippen LogP contribution in [0.5, 0.6) is 0 Å². The zero-order valence-corrected chi connectivity index (χ0v) is 6.33. The maximum Gasteiger partial charge on any atom is 0.00299 e. The van der Waals surface area contributed by atoms with Crippen molar-refractivity contribution in [1.82, 2.24) is 0 Å². The zero-order chi connectivity index (χ0) is 7.26. The SMILES string of the molecule is C1=C[C@@H]2C[C@@H]1c1ccccc12.